The molecule has 0 spiro atoms. The number of rotatable bonds is 10. The molecule has 37 heavy (non-hydrogen) atoms. The Morgan fingerprint density at radius 2 is 1.78 bits per heavy atom. The van der Waals surface area contributed by atoms with Crippen LogP contribution in [0.5, 0.6) is 0 Å². The number of hydrogen-bond acceptors (Lipinski definition) is 5. The molecule has 7 heteroatoms. The molecule has 0 aliphatic rings. The Kier molecular flexibility index (Phi) is 7.72. The van der Waals surface area contributed by atoms with Crippen LogP contribution in [0.1, 0.15) is 35.2 Å². The number of nitrogens with one attached hydrogen (secondary N) is 1. The molecule has 5 rings (SSSR count). The smallest absolute Gasteiger partial charge is 0.255 e. The maximum absolute atomic E-state index is 13.1. The number of benzene rings is 3. The van der Waals surface area contributed by atoms with E-state index >= 15 is 0 Å². The van der Waals surface area contributed by atoms with E-state index in [4.69, 9.17) is 5.73 Å². The van der Waals surface area contributed by atoms with Gasteiger partial charge >= 0.3 is 0 Å². The van der Waals surface area contributed by atoms with E-state index in [1.807, 2.05) is 64.8 Å². The van der Waals surface area contributed by atoms with Gasteiger partial charge in [0, 0.05) is 22.5 Å². The van der Waals surface area contributed by atoms with Gasteiger partial charge in [0.1, 0.15) is 5.69 Å². The van der Waals surface area contributed by atoms with Gasteiger partial charge in [-0.2, -0.15) is 0 Å². The maximum Gasteiger partial charge on any atom is 0.255 e. The number of aryl methyl sites for hydroxylation is 2. The van der Waals surface area contributed by atoms with E-state index in [9.17, 15) is 4.79 Å². The molecule has 0 saturated carbocycles. The number of nitrogen functional groups attached to an aromatic ring is 1. The number of anilines is 2. The molecule has 0 unspecified atom stereocenters. The first kappa shape index (κ1) is 24.5. The molecule has 3 N–H and O–H groups in total. The van der Waals surface area contributed by atoms with E-state index in [2.05, 4.69) is 46.0 Å². The van der Waals surface area contributed by atoms with Crippen LogP contribution in [0.15, 0.2) is 96.5 Å². The molecule has 0 radical (unpaired) electrons. The fraction of sp³-hybridized carbons (Fsp3) is 0.167. The minimum absolute atomic E-state index is 0.220. The SMILES string of the molecule is Nc1ccc(-c2cccs2)cc1NC(=O)c1cccc(-c2cn(CCCCCc3ccccc3)nn2)c1. The standard InChI is InChI=1S/C30H29N5OS/c31-26-16-15-24(29-14-8-18-37-29)20-27(26)32-30(36)25-13-7-12-23(19-25)28-21-35(34-33-28)17-6-2-5-11-22-9-3-1-4-10-22/h1,3-4,7-10,12-16,18-21H,2,5-6,11,17,31H2,(H,32,36). The maximum atomic E-state index is 13.1. The molecule has 3 aromatic carbocycles. The first-order chi connectivity index (χ1) is 18.2. The number of unbranched alkanes of at least 4 members (excludes halogenated alkanes) is 2. The molecule has 0 aliphatic carbocycles. The van der Waals surface area contributed by atoms with Crippen LogP contribution in [0.3, 0.4) is 0 Å². The minimum Gasteiger partial charge on any atom is -0.397 e. The third-order valence-corrected chi connectivity index (χ3v) is 7.18. The molecule has 0 saturated heterocycles. The lowest BCUT2D eigenvalue weighted by molar-refractivity contribution is 0.102. The van der Waals surface area contributed by atoms with Gasteiger partial charge in [0.15, 0.2) is 0 Å². The molecule has 2 aromatic heterocycles. The van der Waals surface area contributed by atoms with Crippen molar-refractivity contribution in [3.63, 3.8) is 0 Å². The van der Waals surface area contributed by atoms with Gasteiger partial charge in [-0.25, -0.2) is 0 Å². The van der Waals surface area contributed by atoms with Crippen molar-refractivity contribution in [2.45, 2.75) is 32.2 Å². The molecular formula is C30H29N5OS. The van der Waals surface area contributed by atoms with Crippen molar-refractivity contribution in [1.29, 1.82) is 0 Å². The zero-order chi connectivity index (χ0) is 25.5. The summed E-state index contributed by atoms with van der Waals surface area (Å²) >= 11 is 1.65. The zero-order valence-corrected chi connectivity index (χ0v) is 21.3. The summed E-state index contributed by atoms with van der Waals surface area (Å²) < 4.78 is 1.88. The monoisotopic (exact) mass is 507 g/mol. The quantitative estimate of drug-likeness (QED) is 0.159. The lowest BCUT2D eigenvalue weighted by atomic mass is 10.1. The average molecular weight is 508 g/mol. The molecule has 6 nitrogen and oxygen atoms in total. The van der Waals surface area contributed by atoms with Crippen LogP contribution in [0, 0.1) is 0 Å². The van der Waals surface area contributed by atoms with Gasteiger partial charge < -0.3 is 11.1 Å². The summed E-state index contributed by atoms with van der Waals surface area (Å²) in [4.78, 5) is 14.2. The third-order valence-electron chi connectivity index (χ3n) is 6.26. The number of thiophene rings is 1. The van der Waals surface area contributed by atoms with Crippen LogP contribution < -0.4 is 11.1 Å². The second kappa shape index (κ2) is 11.7. The highest BCUT2D eigenvalue weighted by Gasteiger charge is 2.12. The summed E-state index contributed by atoms with van der Waals surface area (Å²) in [6, 6.07) is 27.7. The van der Waals surface area contributed by atoms with Crippen molar-refractivity contribution < 1.29 is 4.79 Å². The minimum atomic E-state index is -0.220. The third kappa shape index (κ3) is 6.32. The topological polar surface area (TPSA) is 85.8 Å². The molecular weight excluding hydrogens is 478 g/mol. The summed E-state index contributed by atoms with van der Waals surface area (Å²) in [7, 11) is 0. The van der Waals surface area contributed by atoms with E-state index in [0.29, 0.717) is 16.9 Å². The summed E-state index contributed by atoms with van der Waals surface area (Å²) in [5, 5.41) is 13.6. The molecule has 5 aromatic rings. The van der Waals surface area contributed by atoms with Crippen molar-refractivity contribution >= 4 is 28.6 Å². The Labute approximate surface area is 220 Å². The van der Waals surface area contributed by atoms with Crippen molar-refractivity contribution in [2.24, 2.45) is 0 Å². The highest BCUT2D eigenvalue weighted by Crippen LogP contribution is 2.30. The molecule has 1 amide bonds. The van der Waals surface area contributed by atoms with Crippen LogP contribution in [-0.4, -0.2) is 20.9 Å². The molecule has 0 atom stereocenters. The first-order valence-electron chi connectivity index (χ1n) is 12.4. The Balaban J connectivity index is 1.19. The molecule has 0 fully saturated rings. The van der Waals surface area contributed by atoms with Crippen LogP contribution >= 0.6 is 11.3 Å². The number of aromatic nitrogens is 3. The summed E-state index contributed by atoms with van der Waals surface area (Å²) in [6.07, 6.45) is 6.38. The lowest BCUT2D eigenvalue weighted by Crippen LogP contribution is -2.13. The van der Waals surface area contributed by atoms with Gasteiger partial charge in [-0.05, 0) is 66.1 Å². The van der Waals surface area contributed by atoms with Crippen LogP contribution in [-0.2, 0) is 13.0 Å². The van der Waals surface area contributed by atoms with E-state index in [1.54, 1.807) is 17.4 Å². The van der Waals surface area contributed by atoms with Crippen LogP contribution in [0.2, 0.25) is 0 Å². The van der Waals surface area contributed by atoms with Crippen LogP contribution in [0.4, 0.5) is 11.4 Å². The van der Waals surface area contributed by atoms with Gasteiger partial charge in [0.25, 0.3) is 5.91 Å². The van der Waals surface area contributed by atoms with E-state index in [-0.39, 0.29) is 5.91 Å². The zero-order valence-electron chi connectivity index (χ0n) is 20.5. The molecule has 186 valence electrons. The van der Waals surface area contributed by atoms with E-state index < -0.39 is 0 Å². The van der Waals surface area contributed by atoms with Crippen molar-refractivity contribution in [3.05, 3.63) is 108 Å². The summed E-state index contributed by atoms with van der Waals surface area (Å²) in [5.74, 6) is -0.220. The summed E-state index contributed by atoms with van der Waals surface area (Å²) in [6.45, 7) is 0.821. The van der Waals surface area contributed by atoms with Gasteiger partial charge in [0.05, 0.1) is 17.6 Å². The fourth-order valence-electron chi connectivity index (χ4n) is 4.24. The highest BCUT2D eigenvalue weighted by molar-refractivity contribution is 7.13. The predicted molar refractivity (Wildman–Crippen MR) is 152 cm³/mol. The molecule has 0 aliphatic heterocycles. The number of amides is 1. The second-order valence-corrected chi connectivity index (χ2v) is 9.93. The fourth-order valence-corrected chi connectivity index (χ4v) is 4.96. The number of nitrogens with zero attached hydrogens (tertiary/aromatic N) is 3. The first-order valence-corrected chi connectivity index (χ1v) is 13.3. The van der Waals surface area contributed by atoms with Gasteiger partial charge in [-0.3, -0.25) is 9.48 Å². The Hall–Kier alpha value is -4.23. The van der Waals surface area contributed by atoms with Gasteiger partial charge in [-0.1, -0.05) is 66.2 Å². The van der Waals surface area contributed by atoms with Crippen molar-refractivity contribution in [3.8, 4) is 21.7 Å². The second-order valence-electron chi connectivity index (χ2n) is 8.98. The number of nitrogens with two attached hydrogens (primary N) is 1. The average Bonchev–Trinajstić information content (AvgIpc) is 3.63. The largest absolute Gasteiger partial charge is 0.397 e. The Bertz CT molecular complexity index is 1460. The van der Waals surface area contributed by atoms with Gasteiger partial charge in [0.2, 0.25) is 0 Å². The normalized spacial score (nSPS) is 10.9. The molecule has 0 bridgehead atoms. The van der Waals surface area contributed by atoms with E-state index in [0.717, 1.165) is 53.9 Å². The molecule has 2 heterocycles. The van der Waals surface area contributed by atoms with Crippen molar-refractivity contribution in [1.82, 2.24) is 15.0 Å². The predicted octanol–water partition coefficient (Wildman–Crippen LogP) is 6.92. The summed E-state index contributed by atoms with van der Waals surface area (Å²) in [5.41, 5.74) is 11.8. The van der Waals surface area contributed by atoms with Crippen LogP contribution in [0.25, 0.3) is 21.7 Å². The Morgan fingerprint density at radius 3 is 2.62 bits per heavy atom. The van der Waals surface area contributed by atoms with Gasteiger partial charge in [-0.15, -0.1) is 16.4 Å². The Morgan fingerprint density at radius 1 is 0.892 bits per heavy atom. The van der Waals surface area contributed by atoms with Crippen molar-refractivity contribution in [2.75, 3.05) is 11.1 Å². The number of carbonyl (C=O) groups is 1. The lowest BCUT2D eigenvalue weighted by Gasteiger charge is -2.10. The number of hydrogen-bond donors (Lipinski definition) is 2. The number of carbonyl (C=O) groups excluding carboxylic acids is 1. The van der Waals surface area contributed by atoms with E-state index in [1.165, 1.54) is 5.56 Å². The highest BCUT2D eigenvalue weighted by atomic mass is 32.1.